The van der Waals surface area contributed by atoms with Crippen molar-refractivity contribution in [3.8, 4) is 0 Å². The Labute approximate surface area is 145 Å². The molecule has 3 N–H and O–H groups in total. The van der Waals surface area contributed by atoms with Gasteiger partial charge in [-0.1, -0.05) is 42.4 Å². The third-order valence-electron chi connectivity index (χ3n) is 3.30. The summed E-state index contributed by atoms with van der Waals surface area (Å²) in [5.41, 5.74) is 2.41. The molecule has 0 aliphatic heterocycles. The molecule has 0 fully saturated rings. The van der Waals surface area contributed by atoms with Gasteiger partial charge in [0.2, 0.25) is 0 Å². The molecule has 2 aromatic rings. The summed E-state index contributed by atoms with van der Waals surface area (Å²) in [5.74, 6) is -0.239. The molecule has 0 aliphatic rings. The molecular weight excluding hydrogens is 326 g/mol. The van der Waals surface area contributed by atoms with Gasteiger partial charge >= 0.3 is 6.03 Å². The van der Waals surface area contributed by atoms with E-state index in [-0.39, 0.29) is 12.5 Å². The quantitative estimate of drug-likeness (QED) is 0.764. The van der Waals surface area contributed by atoms with E-state index in [9.17, 15) is 9.59 Å². The zero-order valence-corrected chi connectivity index (χ0v) is 14.0. The van der Waals surface area contributed by atoms with E-state index in [0.717, 1.165) is 0 Å². The van der Waals surface area contributed by atoms with Crippen LogP contribution in [0.15, 0.2) is 60.1 Å². The summed E-state index contributed by atoms with van der Waals surface area (Å²) < 4.78 is 0. The highest BCUT2D eigenvalue weighted by Crippen LogP contribution is 2.20. The normalized spacial score (nSPS) is 9.92. The molecule has 0 bridgehead atoms. The number of carbonyl (C=O) groups excluding carboxylic acids is 2. The molecule has 0 aliphatic carbocycles. The summed E-state index contributed by atoms with van der Waals surface area (Å²) in [6.45, 7) is 5.44. The number of nitrogens with one attached hydrogen (secondary N) is 3. The van der Waals surface area contributed by atoms with Gasteiger partial charge in [-0.05, 0) is 36.8 Å². The van der Waals surface area contributed by atoms with E-state index in [1.807, 2.05) is 30.3 Å². The van der Waals surface area contributed by atoms with E-state index < -0.39 is 6.03 Å². The lowest BCUT2D eigenvalue weighted by molar-refractivity contribution is 0.102. The van der Waals surface area contributed by atoms with Crippen molar-refractivity contribution in [1.82, 2.24) is 5.32 Å². The summed E-state index contributed by atoms with van der Waals surface area (Å²) in [4.78, 5) is 24.2. The number of hydrogen-bond donors (Lipinski definition) is 3. The largest absolute Gasteiger partial charge is 0.333 e. The molecule has 0 unspecified atom stereocenters. The van der Waals surface area contributed by atoms with Crippen molar-refractivity contribution in [3.63, 3.8) is 0 Å². The molecule has 3 amide bonds. The summed E-state index contributed by atoms with van der Waals surface area (Å²) in [6.07, 6.45) is 0. The number of carbonyl (C=O) groups is 2. The lowest BCUT2D eigenvalue weighted by Gasteiger charge is -2.13. The SMILES string of the molecule is C=C(Cl)CNC(=O)Nc1cccc(C(=O)Nc2ccccc2)c1C. The molecule has 124 valence electrons. The minimum atomic E-state index is -0.416. The number of para-hydroxylation sites is 1. The molecule has 0 saturated carbocycles. The maximum Gasteiger partial charge on any atom is 0.319 e. The molecule has 0 aromatic heterocycles. The van der Waals surface area contributed by atoms with Crippen LogP contribution in [0.5, 0.6) is 0 Å². The molecule has 24 heavy (non-hydrogen) atoms. The van der Waals surface area contributed by atoms with Crippen LogP contribution in [0.2, 0.25) is 0 Å². The van der Waals surface area contributed by atoms with Gasteiger partial charge in [0.25, 0.3) is 5.91 Å². The second-order valence-electron chi connectivity index (χ2n) is 5.12. The van der Waals surface area contributed by atoms with Crippen LogP contribution in [-0.2, 0) is 0 Å². The molecular formula is C18H18ClN3O2. The molecule has 2 rings (SSSR count). The van der Waals surface area contributed by atoms with Crippen LogP contribution in [0.4, 0.5) is 16.2 Å². The van der Waals surface area contributed by atoms with E-state index in [1.165, 1.54) is 0 Å². The zero-order valence-electron chi connectivity index (χ0n) is 13.2. The first kappa shape index (κ1) is 17.6. The highest BCUT2D eigenvalue weighted by Gasteiger charge is 2.13. The number of rotatable bonds is 5. The third kappa shape index (κ3) is 4.86. The summed E-state index contributed by atoms with van der Waals surface area (Å²) in [7, 11) is 0. The van der Waals surface area contributed by atoms with Gasteiger partial charge in [-0.15, -0.1) is 0 Å². The maximum atomic E-state index is 12.4. The van der Waals surface area contributed by atoms with Gasteiger partial charge in [-0.3, -0.25) is 4.79 Å². The highest BCUT2D eigenvalue weighted by atomic mass is 35.5. The Morgan fingerprint density at radius 1 is 1.04 bits per heavy atom. The minimum absolute atomic E-state index is 0.167. The van der Waals surface area contributed by atoms with E-state index in [4.69, 9.17) is 11.6 Å². The van der Waals surface area contributed by atoms with Crippen molar-refractivity contribution in [2.75, 3.05) is 17.2 Å². The first-order valence-electron chi connectivity index (χ1n) is 7.31. The van der Waals surface area contributed by atoms with Gasteiger partial charge in [0.05, 0.1) is 6.54 Å². The molecule has 0 atom stereocenters. The Kier molecular flexibility index (Phi) is 5.98. The van der Waals surface area contributed by atoms with Crippen LogP contribution in [0, 0.1) is 6.92 Å². The Morgan fingerprint density at radius 2 is 1.75 bits per heavy atom. The Morgan fingerprint density at radius 3 is 2.42 bits per heavy atom. The van der Waals surface area contributed by atoms with Crippen LogP contribution >= 0.6 is 11.6 Å². The number of anilines is 2. The smallest absolute Gasteiger partial charge is 0.319 e. The lowest BCUT2D eigenvalue weighted by Crippen LogP contribution is -2.30. The van der Waals surface area contributed by atoms with Crippen molar-refractivity contribution in [1.29, 1.82) is 0 Å². The fourth-order valence-corrected chi connectivity index (χ4v) is 2.15. The fourth-order valence-electron chi connectivity index (χ4n) is 2.08. The number of benzene rings is 2. The number of halogens is 1. The number of urea groups is 1. The number of hydrogen-bond acceptors (Lipinski definition) is 2. The van der Waals surface area contributed by atoms with Gasteiger partial charge in [-0.2, -0.15) is 0 Å². The molecule has 2 aromatic carbocycles. The molecule has 0 spiro atoms. The van der Waals surface area contributed by atoms with Crippen molar-refractivity contribution < 1.29 is 9.59 Å². The van der Waals surface area contributed by atoms with Crippen molar-refractivity contribution in [2.45, 2.75) is 6.92 Å². The first-order chi connectivity index (χ1) is 11.5. The van der Waals surface area contributed by atoms with Crippen molar-refractivity contribution in [2.24, 2.45) is 0 Å². The average Bonchev–Trinajstić information content (AvgIpc) is 2.55. The fraction of sp³-hybridized carbons (Fsp3) is 0.111. The van der Waals surface area contributed by atoms with E-state index in [0.29, 0.717) is 27.5 Å². The van der Waals surface area contributed by atoms with Gasteiger partial charge in [-0.25, -0.2) is 4.79 Å². The molecule has 0 heterocycles. The Bertz CT molecular complexity index is 760. The average molecular weight is 344 g/mol. The molecule has 5 nitrogen and oxygen atoms in total. The van der Waals surface area contributed by atoms with E-state index >= 15 is 0 Å². The lowest BCUT2D eigenvalue weighted by atomic mass is 10.1. The first-order valence-corrected chi connectivity index (χ1v) is 7.69. The van der Waals surface area contributed by atoms with Crippen LogP contribution in [-0.4, -0.2) is 18.5 Å². The summed E-state index contributed by atoms with van der Waals surface area (Å²) in [6, 6.07) is 13.9. The Hall–Kier alpha value is -2.79. The highest BCUT2D eigenvalue weighted by molar-refractivity contribution is 6.29. The molecule has 6 heteroatoms. The van der Waals surface area contributed by atoms with Gasteiger partial charge in [0, 0.05) is 22.0 Å². The van der Waals surface area contributed by atoms with Crippen LogP contribution in [0.3, 0.4) is 0 Å². The van der Waals surface area contributed by atoms with Crippen molar-refractivity contribution >= 4 is 34.9 Å². The summed E-state index contributed by atoms with van der Waals surface area (Å²) in [5, 5.41) is 8.41. The predicted molar refractivity (Wildman–Crippen MR) is 97.6 cm³/mol. The third-order valence-corrected chi connectivity index (χ3v) is 3.43. The van der Waals surface area contributed by atoms with Crippen molar-refractivity contribution in [3.05, 3.63) is 71.3 Å². The second-order valence-corrected chi connectivity index (χ2v) is 5.66. The van der Waals surface area contributed by atoms with E-state index in [2.05, 4.69) is 22.5 Å². The molecule has 0 saturated heterocycles. The van der Waals surface area contributed by atoms with Gasteiger partial charge < -0.3 is 16.0 Å². The van der Waals surface area contributed by atoms with Crippen LogP contribution < -0.4 is 16.0 Å². The topological polar surface area (TPSA) is 70.2 Å². The van der Waals surface area contributed by atoms with Gasteiger partial charge in [0.15, 0.2) is 0 Å². The Balaban J connectivity index is 2.11. The van der Waals surface area contributed by atoms with E-state index in [1.54, 1.807) is 25.1 Å². The minimum Gasteiger partial charge on any atom is -0.333 e. The number of amides is 3. The zero-order chi connectivity index (χ0) is 17.5. The standard InChI is InChI=1S/C18H18ClN3O2/c1-12(19)11-20-18(24)22-16-10-6-9-15(13(16)2)17(23)21-14-7-4-3-5-8-14/h3-10H,1,11H2,2H3,(H,21,23)(H2,20,22,24). The maximum absolute atomic E-state index is 12.4. The van der Waals surface area contributed by atoms with Crippen LogP contribution in [0.1, 0.15) is 15.9 Å². The predicted octanol–water partition coefficient (Wildman–Crippen LogP) is 4.12. The van der Waals surface area contributed by atoms with Crippen LogP contribution in [0.25, 0.3) is 0 Å². The monoisotopic (exact) mass is 343 g/mol. The second kappa shape index (κ2) is 8.17. The summed E-state index contributed by atoms with van der Waals surface area (Å²) >= 11 is 5.61. The van der Waals surface area contributed by atoms with Gasteiger partial charge in [0.1, 0.15) is 0 Å². The molecule has 0 radical (unpaired) electrons.